The predicted molar refractivity (Wildman–Crippen MR) is 128 cm³/mol. The van der Waals surface area contributed by atoms with Gasteiger partial charge in [-0.15, -0.1) is 0 Å². The van der Waals surface area contributed by atoms with Crippen molar-refractivity contribution >= 4 is 0 Å². The van der Waals surface area contributed by atoms with Gasteiger partial charge >= 0.3 is 0 Å². The zero-order valence-electron chi connectivity index (χ0n) is 19.4. The van der Waals surface area contributed by atoms with Crippen LogP contribution in [-0.4, -0.2) is 0 Å². The fourth-order valence-electron chi connectivity index (χ4n) is 5.67. The van der Waals surface area contributed by atoms with Gasteiger partial charge in [-0.3, -0.25) is 0 Å². The Bertz CT molecular complexity index is 585. The summed E-state index contributed by atoms with van der Waals surface area (Å²) in [5.74, 6) is 3.09. The summed E-state index contributed by atoms with van der Waals surface area (Å²) in [6.07, 6.45) is 25.2. The van der Waals surface area contributed by atoms with Crippen molar-refractivity contribution in [2.24, 2.45) is 17.8 Å². The molecule has 1 aromatic rings. The summed E-state index contributed by atoms with van der Waals surface area (Å²) in [6.45, 7) is 4.59. The molecule has 0 nitrogen and oxygen atoms in total. The van der Waals surface area contributed by atoms with Gasteiger partial charge in [0.1, 0.15) is 0 Å². The van der Waals surface area contributed by atoms with Crippen molar-refractivity contribution in [2.45, 2.75) is 117 Å². The number of hydrogen-bond acceptors (Lipinski definition) is 0. The largest absolute Gasteiger partial charge is 0.0850 e. The van der Waals surface area contributed by atoms with Crippen LogP contribution in [0.15, 0.2) is 35.9 Å². The van der Waals surface area contributed by atoms with Gasteiger partial charge in [0, 0.05) is 0 Å². The molecule has 0 heterocycles. The third kappa shape index (κ3) is 7.95. The first-order valence-electron chi connectivity index (χ1n) is 13.0. The lowest BCUT2D eigenvalue weighted by molar-refractivity contribution is 0.235. The zero-order valence-corrected chi connectivity index (χ0v) is 19.4. The molecular formula is C29H46. The Hall–Kier alpha value is -1.04. The van der Waals surface area contributed by atoms with Crippen LogP contribution in [0.2, 0.25) is 0 Å². The Morgan fingerprint density at radius 3 is 1.86 bits per heavy atom. The maximum Gasteiger partial charge on any atom is -0.0241 e. The maximum absolute atomic E-state index is 2.61. The summed E-state index contributed by atoms with van der Waals surface area (Å²) < 4.78 is 0. The number of unbranched alkanes of at least 4 members (excludes halogenated alkanes) is 1. The Morgan fingerprint density at radius 1 is 0.655 bits per heavy atom. The van der Waals surface area contributed by atoms with Crippen LogP contribution < -0.4 is 0 Å². The molecule has 1 aromatic carbocycles. The maximum atomic E-state index is 2.61. The normalized spacial score (nSPS) is 25.0. The molecule has 162 valence electrons. The second-order valence-electron chi connectivity index (χ2n) is 10.2. The summed E-state index contributed by atoms with van der Waals surface area (Å²) in [5, 5.41) is 0. The predicted octanol–water partition coefficient (Wildman–Crippen LogP) is 9.08. The minimum atomic E-state index is 0.977. The minimum absolute atomic E-state index is 0.977. The van der Waals surface area contributed by atoms with E-state index < -0.39 is 0 Å². The summed E-state index contributed by atoms with van der Waals surface area (Å²) in [6, 6.07) is 9.38. The molecule has 2 aliphatic rings. The molecule has 1 atom stereocenters. The average molecular weight is 395 g/mol. The van der Waals surface area contributed by atoms with Gasteiger partial charge in [-0.05, 0) is 73.8 Å². The van der Waals surface area contributed by atoms with E-state index in [1.807, 2.05) is 0 Å². The SMILES string of the molecule is CCCC[C@H]1CC[C@H](CCC2CC=C(CCc3ccc(CCC)cc3)CC2)CC1. The number of hydrogen-bond donors (Lipinski definition) is 0. The van der Waals surface area contributed by atoms with Gasteiger partial charge in [0.25, 0.3) is 0 Å². The van der Waals surface area contributed by atoms with E-state index in [2.05, 4.69) is 44.2 Å². The molecule has 0 aromatic heterocycles. The molecule has 3 rings (SSSR count). The van der Waals surface area contributed by atoms with Crippen LogP contribution in [0.4, 0.5) is 0 Å². The van der Waals surface area contributed by atoms with Crippen molar-refractivity contribution in [2.75, 3.05) is 0 Å². The second-order valence-corrected chi connectivity index (χ2v) is 10.2. The molecule has 1 unspecified atom stereocenters. The first-order chi connectivity index (χ1) is 14.3. The Morgan fingerprint density at radius 2 is 1.28 bits per heavy atom. The Balaban J connectivity index is 1.30. The van der Waals surface area contributed by atoms with Gasteiger partial charge in [-0.2, -0.15) is 0 Å². The van der Waals surface area contributed by atoms with Crippen molar-refractivity contribution < 1.29 is 0 Å². The highest BCUT2D eigenvalue weighted by atomic mass is 14.3. The molecule has 0 radical (unpaired) electrons. The molecule has 0 spiro atoms. The highest BCUT2D eigenvalue weighted by Gasteiger charge is 2.22. The lowest BCUT2D eigenvalue weighted by Gasteiger charge is -2.30. The van der Waals surface area contributed by atoms with Crippen LogP contribution in [0.25, 0.3) is 0 Å². The molecule has 1 saturated carbocycles. The molecule has 0 aliphatic heterocycles. The smallest absolute Gasteiger partial charge is 0.0241 e. The number of rotatable bonds is 11. The second kappa shape index (κ2) is 12.6. The van der Waals surface area contributed by atoms with Crippen molar-refractivity contribution in [3.05, 3.63) is 47.0 Å². The highest BCUT2D eigenvalue weighted by molar-refractivity contribution is 5.23. The fourth-order valence-corrected chi connectivity index (χ4v) is 5.67. The van der Waals surface area contributed by atoms with Gasteiger partial charge in [0.2, 0.25) is 0 Å². The zero-order chi connectivity index (χ0) is 20.3. The molecule has 1 fully saturated rings. The van der Waals surface area contributed by atoms with Gasteiger partial charge in [0.15, 0.2) is 0 Å². The van der Waals surface area contributed by atoms with E-state index >= 15 is 0 Å². The lowest BCUT2D eigenvalue weighted by Crippen LogP contribution is -2.16. The molecule has 0 heteroatoms. The molecule has 0 amide bonds. The monoisotopic (exact) mass is 394 g/mol. The summed E-state index contributed by atoms with van der Waals surface area (Å²) >= 11 is 0. The van der Waals surface area contributed by atoms with E-state index in [0.29, 0.717) is 0 Å². The first kappa shape index (κ1) is 22.6. The van der Waals surface area contributed by atoms with E-state index in [1.165, 1.54) is 114 Å². The van der Waals surface area contributed by atoms with Gasteiger partial charge in [0.05, 0.1) is 0 Å². The summed E-state index contributed by atoms with van der Waals surface area (Å²) in [5.41, 5.74) is 4.74. The highest BCUT2D eigenvalue weighted by Crippen LogP contribution is 2.37. The van der Waals surface area contributed by atoms with Gasteiger partial charge < -0.3 is 0 Å². The Labute approximate surface area is 181 Å². The fraction of sp³-hybridized carbons (Fsp3) is 0.724. The van der Waals surface area contributed by atoms with Crippen LogP contribution in [0.5, 0.6) is 0 Å². The molecule has 29 heavy (non-hydrogen) atoms. The van der Waals surface area contributed by atoms with Gasteiger partial charge in [-0.25, -0.2) is 0 Å². The van der Waals surface area contributed by atoms with Crippen LogP contribution in [-0.2, 0) is 12.8 Å². The standard InChI is InChI=1S/C29H46/c1-3-5-7-25-10-14-27(15-11-25)17-19-29-22-20-28(21-23-29)18-16-26-12-8-24(6-4-2)9-13-26/h8-9,12-13,20,25,27,29H,3-7,10-11,14-19,21-23H2,1-2H3/t25-,27-,29?. The molecule has 0 saturated heterocycles. The summed E-state index contributed by atoms with van der Waals surface area (Å²) in [7, 11) is 0. The van der Waals surface area contributed by atoms with E-state index in [1.54, 1.807) is 5.57 Å². The van der Waals surface area contributed by atoms with E-state index in [4.69, 9.17) is 0 Å². The van der Waals surface area contributed by atoms with Crippen LogP contribution in [0, 0.1) is 17.8 Å². The average Bonchev–Trinajstić information content (AvgIpc) is 2.77. The van der Waals surface area contributed by atoms with Gasteiger partial charge in [-0.1, -0.05) is 108 Å². The number of allylic oxidation sites excluding steroid dienone is 2. The van der Waals surface area contributed by atoms with Crippen LogP contribution in [0.1, 0.15) is 115 Å². The topological polar surface area (TPSA) is 0 Å². The molecular weight excluding hydrogens is 348 g/mol. The quantitative estimate of drug-likeness (QED) is 0.328. The van der Waals surface area contributed by atoms with Crippen LogP contribution in [0.3, 0.4) is 0 Å². The third-order valence-electron chi connectivity index (χ3n) is 7.83. The number of benzene rings is 1. The van der Waals surface area contributed by atoms with Crippen molar-refractivity contribution in [1.29, 1.82) is 0 Å². The Kier molecular flexibility index (Phi) is 9.84. The molecule has 0 N–H and O–H groups in total. The minimum Gasteiger partial charge on any atom is -0.0850 e. The van der Waals surface area contributed by atoms with Crippen molar-refractivity contribution in [3.63, 3.8) is 0 Å². The lowest BCUT2D eigenvalue weighted by atomic mass is 9.76. The van der Waals surface area contributed by atoms with E-state index in [9.17, 15) is 0 Å². The van der Waals surface area contributed by atoms with Crippen molar-refractivity contribution in [1.82, 2.24) is 0 Å². The van der Waals surface area contributed by atoms with Crippen molar-refractivity contribution in [3.8, 4) is 0 Å². The summed E-state index contributed by atoms with van der Waals surface area (Å²) in [4.78, 5) is 0. The first-order valence-corrected chi connectivity index (χ1v) is 13.0. The molecule has 2 aliphatic carbocycles. The number of aryl methyl sites for hydroxylation is 2. The van der Waals surface area contributed by atoms with E-state index in [0.717, 1.165) is 17.8 Å². The third-order valence-corrected chi connectivity index (χ3v) is 7.83. The van der Waals surface area contributed by atoms with E-state index in [-0.39, 0.29) is 0 Å². The molecule has 0 bridgehead atoms. The van der Waals surface area contributed by atoms with Crippen LogP contribution >= 0.6 is 0 Å².